The molecule has 20 heavy (non-hydrogen) atoms. The summed E-state index contributed by atoms with van der Waals surface area (Å²) in [5.74, 6) is -1.45. The van der Waals surface area contributed by atoms with Crippen molar-refractivity contribution in [3.63, 3.8) is 0 Å². The fourth-order valence-electron chi connectivity index (χ4n) is 1.74. The molecular formula is C14H17F3O3. The Labute approximate surface area is 115 Å². The predicted molar refractivity (Wildman–Crippen MR) is 67.0 cm³/mol. The van der Waals surface area contributed by atoms with Crippen molar-refractivity contribution in [3.05, 3.63) is 35.9 Å². The highest BCUT2D eigenvalue weighted by atomic mass is 19.4. The van der Waals surface area contributed by atoms with E-state index in [-0.39, 0.29) is 5.56 Å². The standard InChI is InChI=1S/C14H17F3O3/c1-4-10(2)20-12(18)13(19-3,14(15,16)17)11-8-6-5-7-9-11/h5-10H,4H2,1-3H3/t10-,13?/m0/s1. The first kappa shape index (κ1) is 16.5. The molecule has 0 saturated carbocycles. The Morgan fingerprint density at radius 2 is 1.80 bits per heavy atom. The summed E-state index contributed by atoms with van der Waals surface area (Å²) in [6.07, 6.45) is -5.13. The molecule has 0 radical (unpaired) electrons. The second-order valence-corrected chi connectivity index (χ2v) is 4.37. The van der Waals surface area contributed by atoms with Gasteiger partial charge in [-0.15, -0.1) is 0 Å². The van der Waals surface area contributed by atoms with E-state index in [9.17, 15) is 18.0 Å². The topological polar surface area (TPSA) is 35.5 Å². The van der Waals surface area contributed by atoms with Gasteiger partial charge in [-0.05, 0) is 13.3 Å². The minimum absolute atomic E-state index is 0.302. The highest BCUT2D eigenvalue weighted by molar-refractivity contribution is 5.82. The van der Waals surface area contributed by atoms with Crippen LogP contribution in [0, 0.1) is 0 Å². The fourth-order valence-corrected chi connectivity index (χ4v) is 1.74. The first-order valence-corrected chi connectivity index (χ1v) is 6.18. The van der Waals surface area contributed by atoms with Gasteiger partial charge in [-0.1, -0.05) is 37.3 Å². The molecule has 0 bridgehead atoms. The van der Waals surface area contributed by atoms with E-state index in [4.69, 9.17) is 4.74 Å². The molecule has 0 saturated heterocycles. The SMILES string of the molecule is CC[C@H](C)OC(=O)C(OC)(c1ccccc1)C(F)(F)F. The Morgan fingerprint density at radius 1 is 1.25 bits per heavy atom. The van der Waals surface area contributed by atoms with Crippen LogP contribution in [-0.4, -0.2) is 25.4 Å². The maximum Gasteiger partial charge on any atom is 0.432 e. The quantitative estimate of drug-likeness (QED) is 0.779. The number of alkyl halides is 3. The second kappa shape index (κ2) is 6.26. The summed E-state index contributed by atoms with van der Waals surface area (Å²) in [7, 11) is 0.846. The molecule has 0 aliphatic rings. The number of hydrogen-bond donors (Lipinski definition) is 0. The molecule has 0 N–H and O–H groups in total. The van der Waals surface area contributed by atoms with Crippen molar-refractivity contribution < 1.29 is 27.4 Å². The summed E-state index contributed by atoms with van der Waals surface area (Å²) in [6, 6.07) is 6.75. The molecule has 3 nitrogen and oxygen atoms in total. The van der Waals surface area contributed by atoms with Gasteiger partial charge in [0.15, 0.2) is 0 Å². The van der Waals surface area contributed by atoms with Crippen LogP contribution >= 0.6 is 0 Å². The lowest BCUT2D eigenvalue weighted by Gasteiger charge is -2.33. The molecule has 0 amide bonds. The van der Waals surface area contributed by atoms with Crippen molar-refractivity contribution in [1.29, 1.82) is 0 Å². The number of methoxy groups -OCH3 is 1. The zero-order valence-corrected chi connectivity index (χ0v) is 11.5. The number of ether oxygens (including phenoxy) is 2. The van der Waals surface area contributed by atoms with Gasteiger partial charge >= 0.3 is 12.1 Å². The lowest BCUT2D eigenvalue weighted by molar-refractivity contribution is -0.278. The van der Waals surface area contributed by atoms with E-state index in [2.05, 4.69) is 4.74 Å². The maximum absolute atomic E-state index is 13.4. The van der Waals surface area contributed by atoms with Crippen LogP contribution in [0.4, 0.5) is 13.2 Å². The van der Waals surface area contributed by atoms with E-state index in [0.717, 1.165) is 7.11 Å². The second-order valence-electron chi connectivity index (χ2n) is 4.37. The summed E-state index contributed by atoms with van der Waals surface area (Å²) < 4.78 is 49.8. The van der Waals surface area contributed by atoms with Crippen LogP contribution in [0.25, 0.3) is 0 Å². The van der Waals surface area contributed by atoms with Crippen LogP contribution < -0.4 is 0 Å². The van der Waals surface area contributed by atoms with Gasteiger partial charge in [-0.25, -0.2) is 4.79 Å². The minimum Gasteiger partial charge on any atom is -0.460 e. The Hall–Kier alpha value is -1.56. The molecule has 6 heteroatoms. The predicted octanol–water partition coefficient (Wildman–Crippen LogP) is 3.43. The first-order chi connectivity index (χ1) is 9.29. The number of benzene rings is 1. The van der Waals surface area contributed by atoms with E-state index >= 15 is 0 Å². The lowest BCUT2D eigenvalue weighted by Crippen LogP contribution is -2.52. The third-order valence-corrected chi connectivity index (χ3v) is 3.06. The minimum atomic E-state index is -4.92. The molecule has 0 aliphatic heterocycles. The van der Waals surface area contributed by atoms with Gasteiger partial charge in [-0.2, -0.15) is 13.2 Å². The molecule has 112 valence electrons. The number of rotatable bonds is 5. The Morgan fingerprint density at radius 3 is 2.20 bits per heavy atom. The van der Waals surface area contributed by atoms with E-state index in [1.54, 1.807) is 13.0 Å². The van der Waals surface area contributed by atoms with Crippen LogP contribution in [0.1, 0.15) is 25.8 Å². The van der Waals surface area contributed by atoms with Crippen molar-refractivity contribution >= 4 is 5.97 Å². The summed E-state index contributed by atoms with van der Waals surface area (Å²) >= 11 is 0. The van der Waals surface area contributed by atoms with Crippen LogP contribution in [0.5, 0.6) is 0 Å². The van der Waals surface area contributed by atoms with Gasteiger partial charge in [0.1, 0.15) is 0 Å². The highest BCUT2D eigenvalue weighted by Gasteiger charge is 2.64. The number of carbonyl (C=O) groups excluding carboxylic acids is 1. The normalized spacial score (nSPS) is 16.3. The highest BCUT2D eigenvalue weighted by Crippen LogP contribution is 2.43. The lowest BCUT2D eigenvalue weighted by atomic mass is 9.92. The van der Waals surface area contributed by atoms with Crippen LogP contribution in [0.2, 0.25) is 0 Å². The molecular weight excluding hydrogens is 273 g/mol. The van der Waals surface area contributed by atoms with Crippen molar-refractivity contribution in [1.82, 2.24) is 0 Å². The number of esters is 1. The van der Waals surface area contributed by atoms with E-state index in [0.29, 0.717) is 6.42 Å². The summed E-state index contributed by atoms with van der Waals surface area (Å²) in [4.78, 5) is 12.0. The molecule has 0 spiro atoms. The van der Waals surface area contributed by atoms with Crippen LogP contribution in [-0.2, 0) is 19.9 Å². The maximum atomic E-state index is 13.4. The molecule has 1 unspecified atom stereocenters. The van der Waals surface area contributed by atoms with Gasteiger partial charge in [0, 0.05) is 12.7 Å². The van der Waals surface area contributed by atoms with Gasteiger partial charge in [0.25, 0.3) is 5.60 Å². The summed E-state index contributed by atoms with van der Waals surface area (Å²) in [6.45, 7) is 3.24. The largest absolute Gasteiger partial charge is 0.460 e. The zero-order chi connectivity index (χ0) is 15.4. The van der Waals surface area contributed by atoms with E-state index in [1.165, 1.54) is 31.2 Å². The molecule has 2 atom stereocenters. The average molecular weight is 290 g/mol. The summed E-state index contributed by atoms with van der Waals surface area (Å²) in [5, 5.41) is 0. The number of hydrogen-bond acceptors (Lipinski definition) is 3. The van der Waals surface area contributed by atoms with Crippen LogP contribution in [0.3, 0.4) is 0 Å². The average Bonchev–Trinajstić information content (AvgIpc) is 2.39. The molecule has 1 aromatic carbocycles. The van der Waals surface area contributed by atoms with Gasteiger partial charge in [-0.3, -0.25) is 0 Å². The van der Waals surface area contributed by atoms with Crippen molar-refractivity contribution in [2.45, 2.75) is 38.1 Å². The Bertz CT molecular complexity index is 445. The third kappa shape index (κ3) is 2.95. The van der Waals surface area contributed by atoms with Crippen molar-refractivity contribution in [2.75, 3.05) is 7.11 Å². The zero-order valence-electron chi connectivity index (χ0n) is 11.5. The van der Waals surface area contributed by atoms with Crippen LogP contribution in [0.15, 0.2) is 30.3 Å². The number of halogens is 3. The van der Waals surface area contributed by atoms with Crippen molar-refractivity contribution in [2.24, 2.45) is 0 Å². The molecule has 1 rings (SSSR count). The molecule has 0 aromatic heterocycles. The fraction of sp³-hybridized carbons (Fsp3) is 0.500. The molecule has 1 aromatic rings. The van der Waals surface area contributed by atoms with E-state index < -0.39 is 23.9 Å². The van der Waals surface area contributed by atoms with E-state index in [1.807, 2.05) is 0 Å². The summed E-state index contributed by atoms with van der Waals surface area (Å²) in [5.41, 5.74) is -3.40. The van der Waals surface area contributed by atoms with Crippen molar-refractivity contribution in [3.8, 4) is 0 Å². The third-order valence-electron chi connectivity index (χ3n) is 3.06. The van der Waals surface area contributed by atoms with Gasteiger partial charge < -0.3 is 9.47 Å². The number of carbonyl (C=O) groups is 1. The first-order valence-electron chi connectivity index (χ1n) is 6.18. The molecule has 0 aliphatic carbocycles. The monoisotopic (exact) mass is 290 g/mol. The molecule has 0 heterocycles. The van der Waals surface area contributed by atoms with Gasteiger partial charge in [0.2, 0.25) is 0 Å². The van der Waals surface area contributed by atoms with Gasteiger partial charge in [0.05, 0.1) is 6.10 Å². The Kier molecular flexibility index (Phi) is 5.16. The smallest absolute Gasteiger partial charge is 0.432 e. The Balaban J connectivity index is 3.31. The molecule has 0 fully saturated rings.